The van der Waals surface area contributed by atoms with Crippen LogP contribution in [-0.4, -0.2) is 38.2 Å². The van der Waals surface area contributed by atoms with Gasteiger partial charge in [0.1, 0.15) is 5.75 Å². The van der Waals surface area contributed by atoms with E-state index in [9.17, 15) is 9.59 Å². The zero-order valence-electron chi connectivity index (χ0n) is 12.0. The van der Waals surface area contributed by atoms with Crippen LogP contribution in [0.5, 0.6) is 5.75 Å². The van der Waals surface area contributed by atoms with E-state index in [1.54, 1.807) is 30.2 Å². The summed E-state index contributed by atoms with van der Waals surface area (Å²) < 4.78 is 5.09. The minimum Gasteiger partial charge on any atom is -0.497 e. The number of benzene rings is 1. The summed E-state index contributed by atoms with van der Waals surface area (Å²) in [5.74, 6) is 0.734. The van der Waals surface area contributed by atoms with Crippen LogP contribution in [0.2, 0.25) is 0 Å². The zero-order chi connectivity index (χ0) is 15.2. The average Bonchev–Trinajstić information content (AvgIpc) is 2.85. The number of rotatable bonds is 5. The van der Waals surface area contributed by atoms with Gasteiger partial charge in [-0.05, 0) is 24.3 Å². The average molecular weight is 289 g/mol. The van der Waals surface area contributed by atoms with Crippen LogP contribution >= 0.6 is 0 Å². The molecular weight excluding hydrogens is 270 g/mol. The Morgan fingerprint density at radius 1 is 1.48 bits per heavy atom. The maximum Gasteiger partial charge on any atom is 0.315 e. The minimum atomic E-state index is -0.288. The van der Waals surface area contributed by atoms with Gasteiger partial charge in [0.2, 0.25) is 5.91 Å². The van der Waals surface area contributed by atoms with E-state index in [1.807, 2.05) is 12.1 Å². The van der Waals surface area contributed by atoms with Crippen molar-refractivity contribution in [2.24, 2.45) is 0 Å². The largest absolute Gasteiger partial charge is 0.497 e. The molecule has 1 aromatic carbocycles. The van der Waals surface area contributed by atoms with Gasteiger partial charge in [0.15, 0.2) is 0 Å². The molecule has 1 fully saturated rings. The molecule has 0 spiro atoms. The Kier molecular flexibility index (Phi) is 4.81. The van der Waals surface area contributed by atoms with Gasteiger partial charge in [-0.1, -0.05) is 6.08 Å². The second-order valence-electron chi connectivity index (χ2n) is 4.75. The Labute approximate surface area is 123 Å². The lowest BCUT2D eigenvalue weighted by Crippen LogP contribution is -2.43. The monoisotopic (exact) mass is 289 g/mol. The van der Waals surface area contributed by atoms with E-state index in [-0.39, 0.29) is 18.0 Å². The number of methoxy groups -OCH3 is 1. The molecule has 112 valence electrons. The van der Waals surface area contributed by atoms with Crippen LogP contribution in [0, 0.1) is 0 Å². The molecule has 0 unspecified atom stereocenters. The van der Waals surface area contributed by atoms with Gasteiger partial charge in [0.25, 0.3) is 0 Å². The van der Waals surface area contributed by atoms with Crippen molar-refractivity contribution in [1.82, 2.24) is 10.6 Å². The molecule has 3 amide bonds. The number of nitrogens with one attached hydrogen (secondary N) is 2. The maximum absolute atomic E-state index is 12.0. The molecule has 2 rings (SSSR count). The summed E-state index contributed by atoms with van der Waals surface area (Å²) in [6.45, 7) is 4.39. The number of ether oxygens (including phenoxy) is 1. The van der Waals surface area contributed by atoms with Crippen LogP contribution in [-0.2, 0) is 4.79 Å². The quantitative estimate of drug-likeness (QED) is 0.802. The van der Waals surface area contributed by atoms with Crippen molar-refractivity contribution in [2.45, 2.75) is 12.5 Å². The van der Waals surface area contributed by atoms with Gasteiger partial charge in [-0.25, -0.2) is 4.79 Å². The third kappa shape index (κ3) is 3.75. The lowest BCUT2D eigenvalue weighted by Gasteiger charge is -2.17. The standard InChI is InChI=1S/C15H19N3O3/c1-3-8-16-15(20)17-11-9-14(19)18(10-11)12-4-6-13(21-2)7-5-12/h3-7,11H,1,8-10H2,2H3,(H2,16,17,20)/t11-/m1/s1. The Morgan fingerprint density at radius 3 is 2.81 bits per heavy atom. The highest BCUT2D eigenvalue weighted by Gasteiger charge is 2.31. The molecule has 0 aromatic heterocycles. The fraction of sp³-hybridized carbons (Fsp3) is 0.333. The topological polar surface area (TPSA) is 70.7 Å². The molecule has 0 aliphatic carbocycles. The van der Waals surface area contributed by atoms with E-state index in [0.717, 1.165) is 11.4 Å². The molecule has 1 aliphatic rings. The summed E-state index contributed by atoms with van der Waals surface area (Å²) in [4.78, 5) is 25.3. The number of amides is 3. The first-order valence-electron chi connectivity index (χ1n) is 6.73. The van der Waals surface area contributed by atoms with Crippen molar-refractivity contribution in [1.29, 1.82) is 0 Å². The Balaban J connectivity index is 1.95. The van der Waals surface area contributed by atoms with E-state index in [0.29, 0.717) is 19.5 Å². The third-order valence-corrected chi connectivity index (χ3v) is 3.25. The van der Waals surface area contributed by atoms with Crippen LogP contribution < -0.4 is 20.3 Å². The van der Waals surface area contributed by atoms with Crippen molar-refractivity contribution in [3.63, 3.8) is 0 Å². The van der Waals surface area contributed by atoms with E-state index in [4.69, 9.17) is 4.74 Å². The highest BCUT2D eigenvalue weighted by atomic mass is 16.5. The summed E-state index contributed by atoms with van der Waals surface area (Å²) in [7, 11) is 1.60. The first kappa shape index (κ1) is 14.9. The number of hydrogen-bond donors (Lipinski definition) is 2. The van der Waals surface area contributed by atoms with Gasteiger partial charge < -0.3 is 20.3 Å². The molecule has 6 heteroatoms. The van der Waals surface area contributed by atoms with E-state index in [1.165, 1.54) is 0 Å². The fourth-order valence-corrected chi connectivity index (χ4v) is 2.22. The van der Waals surface area contributed by atoms with Crippen LogP contribution in [0.1, 0.15) is 6.42 Å². The molecular formula is C15H19N3O3. The Bertz CT molecular complexity index is 527. The lowest BCUT2D eigenvalue weighted by atomic mass is 10.2. The van der Waals surface area contributed by atoms with Crippen molar-refractivity contribution >= 4 is 17.6 Å². The van der Waals surface area contributed by atoms with Crippen molar-refractivity contribution in [3.8, 4) is 5.75 Å². The first-order chi connectivity index (χ1) is 10.1. The number of carbonyl (C=O) groups is 2. The second-order valence-corrected chi connectivity index (χ2v) is 4.75. The summed E-state index contributed by atoms with van der Waals surface area (Å²) in [6, 6.07) is 6.79. The predicted molar refractivity (Wildman–Crippen MR) is 80.5 cm³/mol. The molecule has 0 bridgehead atoms. The molecule has 0 saturated carbocycles. The summed E-state index contributed by atoms with van der Waals surface area (Å²) in [5, 5.41) is 5.41. The molecule has 6 nitrogen and oxygen atoms in total. The molecule has 1 aromatic rings. The highest BCUT2D eigenvalue weighted by Crippen LogP contribution is 2.24. The normalized spacial score (nSPS) is 17.5. The fourth-order valence-electron chi connectivity index (χ4n) is 2.22. The third-order valence-electron chi connectivity index (χ3n) is 3.25. The number of nitrogens with zero attached hydrogens (tertiary/aromatic N) is 1. The van der Waals surface area contributed by atoms with Gasteiger partial charge in [0.05, 0.1) is 13.2 Å². The number of carbonyl (C=O) groups excluding carboxylic acids is 2. The summed E-state index contributed by atoms with van der Waals surface area (Å²) in [5.41, 5.74) is 0.802. The Hall–Kier alpha value is -2.50. The molecule has 1 aliphatic heterocycles. The molecule has 2 N–H and O–H groups in total. The molecule has 0 radical (unpaired) electrons. The zero-order valence-corrected chi connectivity index (χ0v) is 12.0. The number of anilines is 1. The predicted octanol–water partition coefficient (Wildman–Crippen LogP) is 1.29. The van der Waals surface area contributed by atoms with E-state index in [2.05, 4.69) is 17.2 Å². The second kappa shape index (κ2) is 6.78. The minimum absolute atomic E-state index is 0.00538. The van der Waals surface area contributed by atoms with Gasteiger partial charge in [-0.3, -0.25) is 4.79 Å². The smallest absolute Gasteiger partial charge is 0.315 e. The summed E-state index contributed by atoms with van der Waals surface area (Å²) >= 11 is 0. The van der Waals surface area contributed by atoms with Crippen molar-refractivity contribution in [2.75, 3.05) is 25.1 Å². The molecule has 21 heavy (non-hydrogen) atoms. The SMILES string of the molecule is C=CCNC(=O)N[C@@H]1CC(=O)N(c2ccc(OC)cc2)C1. The number of urea groups is 1. The van der Waals surface area contributed by atoms with E-state index >= 15 is 0 Å². The molecule has 1 saturated heterocycles. The first-order valence-corrected chi connectivity index (χ1v) is 6.73. The maximum atomic E-state index is 12.0. The van der Waals surface area contributed by atoms with Crippen molar-refractivity contribution in [3.05, 3.63) is 36.9 Å². The molecule has 1 atom stereocenters. The van der Waals surface area contributed by atoms with Crippen LogP contribution in [0.15, 0.2) is 36.9 Å². The lowest BCUT2D eigenvalue weighted by molar-refractivity contribution is -0.117. The molecule has 1 heterocycles. The number of hydrogen-bond acceptors (Lipinski definition) is 3. The van der Waals surface area contributed by atoms with Crippen LogP contribution in [0.4, 0.5) is 10.5 Å². The van der Waals surface area contributed by atoms with Crippen LogP contribution in [0.25, 0.3) is 0 Å². The van der Waals surface area contributed by atoms with Gasteiger partial charge in [-0.2, -0.15) is 0 Å². The van der Waals surface area contributed by atoms with Gasteiger partial charge >= 0.3 is 6.03 Å². The highest BCUT2D eigenvalue weighted by molar-refractivity contribution is 5.96. The van der Waals surface area contributed by atoms with Gasteiger partial charge in [-0.15, -0.1) is 6.58 Å². The van der Waals surface area contributed by atoms with Crippen LogP contribution in [0.3, 0.4) is 0 Å². The van der Waals surface area contributed by atoms with E-state index < -0.39 is 0 Å². The van der Waals surface area contributed by atoms with Gasteiger partial charge in [0, 0.05) is 25.2 Å². The Morgan fingerprint density at radius 2 is 2.19 bits per heavy atom. The summed E-state index contributed by atoms with van der Waals surface area (Å²) in [6.07, 6.45) is 1.90. The van der Waals surface area contributed by atoms with Crippen molar-refractivity contribution < 1.29 is 14.3 Å².